The van der Waals surface area contributed by atoms with Crippen LogP contribution in [0, 0.1) is 5.82 Å². The van der Waals surface area contributed by atoms with E-state index < -0.39 is 37.9 Å². The first kappa shape index (κ1) is 18.0. The number of sulfonamides is 1. The van der Waals surface area contributed by atoms with E-state index in [-0.39, 0.29) is 17.4 Å². The Labute approximate surface area is 130 Å². The number of halogens is 2. The van der Waals surface area contributed by atoms with Crippen LogP contribution in [-0.4, -0.2) is 36.7 Å². The van der Waals surface area contributed by atoms with Crippen LogP contribution in [0.3, 0.4) is 0 Å². The maximum absolute atomic E-state index is 14.0. The molecule has 9 heteroatoms. The van der Waals surface area contributed by atoms with Crippen LogP contribution in [0.1, 0.15) is 30.6 Å². The number of nitrogens with one attached hydrogen (secondary N) is 1. The number of rotatable bonds is 6. The van der Waals surface area contributed by atoms with E-state index in [1.165, 1.54) is 6.92 Å². The van der Waals surface area contributed by atoms with Crippen LogP contribution in [0.5, 0.6) is 0 Å². The van der Waals surface area contributed by atoms with E-state index in [9.17, 15) is 22.7 Å². The highest BCUT2D eigenvalue weighted by molar-refractivity contribution is 9.10. The fourth-order valence-corrected chi connectivity index (χ4v) is 3.26. The molecule has 6 nitrogen and oxygen atoms in total. The highest BCUT2D eigenvalue weighted by Gasteiger charge is 2.27. The minimum Gasteiger partial charge on any atom is -0.478 e. The van der Waals surface area contributed by atoms with Crippen LogP contribution >= 0.6 is 15.9 Å². The Morgan fingerprint density at radius 1 is 1.48 bits per heavy atom. The molecule has 0 bridgehead atoms. The molecule has 1 rings (SSSR count). The zero-order valence-electron chi connectivity index (χ0n) is 11.4. The number of carbonyl (C=O) groups is 1. The molecule has 1 unspecified atom stereocenters. The molecule has 0 heterocycles. The molecule has 0 aliphatic carbocycles. The Kier molecular flexibility index (Phi) is 5.48. The lowest BCUT2D eigenvalue weighted by atomic mass is 10.1. The summed E-state index contributed by atoms with van der Waals surface area (Å²) in [7, 11) is -4.29. The third-order valence-corrected chi connectivity index (χ3v) is 4.79. The molecule has 0 radical (unpaired) electrons. The summed E-state index contributed by atoms with van der Waals surface area (Å²) in [5, 5.41) is 18.6. The van der Waals surface area contributed by atoms with Crippen LogP contribution in [0.25, 0.3) is 0 Å². The van der Waals surface area contributed by atoms with Crippen LogP contribution in [0.2, 0.25) is 0 Å². The van der Waals surface area contributed by atoms with Crippen molar-refractivity contribution in [2.45, 2.75) is 30.8 Å². The van der Waals surface area contributed by atoms with Crippen molar-refractivity contribution in [2.24, 2.45) is 0 Å². The van der Waals surface area contributed by atoms with Crippen molar-refractivity contribution in [2.75, 3.05) is 6.54 Å². The molecule has 0 saturated carbocycles. The Hall–Kier alpha value is -1.03. The Bertz CT molecular complexity index is 660. The molecule has 0 saturated heterocycles. The molecule has 0 amide bonds. The molecule has 118 valence electrons. The molecule has 3 N–H and O–H groups in total. The summed E-state index contributed by atoms with van der Waals surface area (Å²) < 4.78 is 40.3. The predicted octanol–water partition coefficient (Wildman–Crippen LogP) is 1.73. The summed E-state index contributed by atoms with van der Waals surface area (Å²) in [6.07, 6.45) is 0.289. The highest BCUT2D eigenvalue weighted by Crippen LogP contribution is 2.24. The lowest BCUT2D eigenvalue weighted by Crippen LogP contribution is -2.40. The first-order valence-corrected chi connectivity index (χ1v) is 8.22. The smallest absolute Gasteiger partial charge is 0.338 e. The fraction of sp³-hybridized carbons (Fsp3) is 0.417. The van der Waals surface area contributed by atoms with E-state index in [4.69, 9.17) is 5.11 Å². The van der Waals surface area contributed by atoms with Gasteiger partial charge in [-0.1, -0.05) is 22.9 Å². The monoisotopic (exact) mass is 383 g/mol. The lowest BCUT2D eigenvalue weighted by molar-refractivity contribution is 0.0612. The SMILES string of the molecule is CCC(C)(O)CNS(=O)(=O)c1cc(Br)cc(C(=O)O)c1F. The maximum atomic E-state index is 14.0. The first-order valence-electron chi connectivity index (χ1n) is 5.94. The van der Waals surface area contributed by atoms with Crippen molar-refractivity contribution in [3.8, 4) is 0 Å². The van der Waals surface area contributed by atoms with Gasteiger partial charge in [-0.25, -0.2) is 22.3 Å². The molecule has 21 heavy (non-hydrogen) atoms. The molecule has 0 fully saturated rings. The number of carboxylic acids is 1. The minimum atomic E-state index is -4.29. The second-order valence-corrected chi connectivity index (χ2v) is 7.40. The Morgan fingerprint density at radius 2 is 2.05 bits per heavy atom. The van der Waals surface area contributed by atoms with Gasteiger partial charge in [0.1, 0.15) is 4.90 Å². The largest absolute Gasteiger partial charge is 0.478 e. The van der Waals surface area contributed by atoms with Gasteiger partial charge in [0.25, 0.3) is 0 Å². The van der Waals surface area contributed by atoms with Gasteiger partial charge in [0.2, 0.25) is 10.0 Å². The molecule has 0 aromatic heterocycles. The number of aliphatic hydroxyl groups is 1. The van der Waals surface area contributed by atoms with Crippen molar-refractivity contribution in [1.29, 1.82) is 0 Å². The minimum absolute atomic E-state index is 0.115. The average molecular weight is 384 g/mol. The zero-order valence-corrected chi connectivity index (χ0v) is 13.8. The molecular formula is C12H15BrFNO5S. The molecule has 0 spiro atoms. The van der Waals surface area contributed by atoms with E-state index in [0.29, 0.717) is 0 Å². The second kappa shape index (κ2) is 6.39. The topological polar surface area (TPSA) is 104 Å². The lowest BCUT2D eigenvalue weighted by Gasteiger charge is -2.21. The number of benzene rings is 1. The number of hydrogen-bond donors (Lipinski definition) is 3. The van der Waals surface area contributed by atoms with Gasteiger partial charge in [-0.15, -0.1) is 0 Å². The van der Waals surface area contributed by atoms with Crippen LogP contribution in [-0.2, 0) is 10.0 Å². The van der Waals surface area contributed by atoms with Crippen LogP contribution in [0.4, 0.5) is 4.39 Å². The normalized spacial score (nSPS) is 14.7. The first-order chi connectivity index (χ1) is 9.50. The van der Waals surface area contributed by atoms with Gasteiger partial charge in [-0.2, -0.15) is 0 Å². The third kappa shape index (κ3) is 4.47. The zero-order chi connectivity index (χ0) is 16.4. The van der Waals surface area contributed by atoms with Crippen molar-refractivity contribution in [1.82, 2.24) is 4.72 Å². The highest BCUT2D eigenvalue weighted by atomic mass is 79.9. The molecule has 0 aliphatic rings. The van der Waals surface area contributed by atoms with Crippen molar-refractivity contribution in [3.05, 3.63) is 28.0 Å². The summed E-state index contributed by atoms with van der Waals surface area (Å²) in [6.45, 7) is 2.77. The van der Waals surface area contributed by atoms with Gasteiger partial charge >= 0.3 is 5.97 Å². The van der Waals surface area contributed by atoms with Gasteiger partial charge in [0, 0.05) is 11.0 Å². The Morgan fingerprint density at radius 3 is 2.52 bits per heavy atom. The van der Waals surface area contributed by atoms with Gasteiger partial charge in [0.15, 0.2) is 5.82 Å². The van der Waals surface area contributed by atoms with Gasteiger partial charge in [-0.3, -0.25) is 0 Å². The van der Waals surface area contributed by atoms with Crippen LogP contribution < -0.4 is 4.72 Å². The summed E-state index contributed by atoms with van der Waals surface area (Å²) in [6, 6.07) is 1.93. The van der Waals surface area contributed by atoms with E-state index in [1.54, 1.807) is 6.92 Å². The number of aromatic carboxylic acids is 1. The van der Waals surface area contributed by atoms with Crippen molar-refractivity contribution >= 4 is 31.9 Å². The Balaban J connectivity index is 3.23. The van der Waals surface area contributed by atoms with Crippen LogP contribution in [0.15, 0.2) is 21.5 Å². The van der Waals surface area contributed by atoms with Crippen molar-refractivity contribution < 1.29 is 27.8 Å². The molecule has 1 aromatic carbocycles. The molecular weight excluding hydrogens is 369 g/mol. The molecule has 1 atom stereocenters. The molecule has 1 aromatic rings. The standard InChI is InChI=1S/C12H15BrFNO5S/c1-3-12(2,18)6-15-21(19,20)9-5-7(13)4-8(10(9)14)11(16)17/h4-5,15,18H,3,6H2,1-2H3,(H,16,17). The quantitative estimate of drug-likeness (QED) is 0.693. The maximum Gasteiger partial charge on any atom is 0.338 e. The summed E-state index contributed by atoms with van der Waals surface area (Å²) in [5.41, 5.74) is -2.04. The van der Waals surface area contributed by atoms with E-state index in [0.717, 1.165) is 12.1 Å². The summed E-state index contributed by atoms with van der Waals surface area (Å²) in [5.74, 6) is -2.93. The summed E-state index contributed by atoms with van der Waals surface area (Å²) in [4.78, 5) is 10.1. The fourth-order valence-electron chi connectivity index (χ4n) is 1.37. The third-order valence-electron chi connectivity index (χ3n) is 2.93. The number of carboxylic acid groups (broad SMARTS) is 1. The van der Waals surface area contributed by atoms with Gasteiger partial charge in [0.05, 0.1) is 11.2 Å². The van der Waals surface area contributed by atoms with E-state index in [1.807, 2.05) is 0 Å². The average Bonchev–Trinajstić information content (AvgIpc) is 2.38. The summed E-state index contributed by atoms with van der Waals surface area (Å²) >= 11 is 2.94. The molecule has 0 aliphatic heterocycles. The van der Waals surface area contributed by atoms with Gasteiger partial charge in [-0.05, 0) is 25.5 Å². The number of hydrogen-bond acceptors (Lipinski definition) is 4. The second-order valence-electron chi connectivity index (χ2n) is 4.75. The van der Waals surface area contributed by atoms with E-state index in [2.05, 4.69) is 20.7 Å². The van der Waals surface area contributed by atoms with Crippen molar-refractivity contribution in [3.63, 3.8) is 0 Å². The van der Waals surface area contributed by atoms with Gasteiger partial charge < -0.3 is 10.2 Å². The van der Waals surface area contributed by atoms with E-state index >= 15 is 0 Å². The predicted molar refractivity (Wildman–Crippen MR) is 77.2 cm³/mol.